The van der Waals surface area contributed by atoms with Gasteiger partial charge in [0.25, 0.3) is 0 Å². The summed E-state index contributed by atoms with van der Waals surface area (Å²) < 4.78 is 14.2. The monoisotopic (exact) mass is 363 g/mol. The number of benzene rings is 2. The zero-order chi connectivity index (χ0) is 19.1. The molecular weight excluding hydrogens is 333 g/mol. The lowest BCUT2D eigenvalue weighted by atomic mass is 9.78. The molecule has 1 saturated carbocycles. The van der Waals surface area contributed by atoms with Crippen LogP contribution < -0.4 is 0 Å². The molecule has 1 aliphatic carbocycles. The molecule has 0 spiro atoms. The van der Waals surface area contributed by atoms with Crippen molar-refractivity contribution in [2.75, 3.05) is 0 Å². The van der Waals surface area contributed by atoms with Crippen molar-refractivity contribution in [3.8, 4) is 17.2 Å². The Labute approximate surface area is 163 Å². The molecule has 0 unspecified atom stereocenters. The number of hydrogen-bond donors (Lipinski definition) is 0. The van der Waals surface area contributed by atoms with E-state index in [1.54, 1.807) is 12.1 Å². The lowest BCUT2D eigenvalue weighted by Crippen LogP contribution is -2.15. The fraction of sp³-hybridized carbons (Fsp3) is 0.480. The number of rotatable bonds is 7. The number of hydrogen-bond acceptors (Lipinski definition) is 1. The van der Waals surface area contributed by atoms with Crippen LogP contribution in [-0.4, -0.2) is 0 Å². The van der Waals surface area contributed by atoms with Crippen LogP contribution in [0.3, 0.4) is 0 Å². The van der Waals surface area contributed by atoms with E-state index < -0.39 is 0 Å². The van der Waals surface area contributed by atoms with Crippen LogP contribution in [0.15, 0.2) is 42.5 Å². The van der Waals surface area contributed by atoms with E-state index in [1.165, 1.54) is 63.0 Å². The second-order valence-electron chi connectivity index (χ2n) is 8.07. The van der Waals surface area contributed by atoms with Gasteiger partial charge in [-0.25, -0.2) is 4.39 Å². The number of aryl methyl sites for hydroxylation is 1. The minimum Gasteiger partial charge on any atom is -0.206 e. The molecule has 27 heavy (non-hydrogen) atoms. The predicted octanol–water partition coefficient (Wildman–Crippen LogP) is 7.29. The molecule has 142 valence electrons. The van der Waals surface area contributed by atoms with Crippen molar-refractivity contribution in [2.24, 2.45) is 11.8 Å². The number of halogens is 1. The molecule has 2 aromatic rings. The van der Waals surface area contributed by atoms with Crippen molar-refractivity contribution < 1.29 is 4.39 Å². The smallest absolute Gasteiger partial charge is 0.132 e. The minimum atomic E-state index is -0.332. The molecular formula is C25H30FN. The maximum Gasteiger partial charge on any atom is 0.132 e. The number of nitriles is 1. The zero-order valence-electron chi connectivity index (χ0n) is 16.4. The normalized spacial score (nSPS) is 19.6. The molecule has 0 aromatic heterocycles. The molecule has 0 atom stereocenters. The molecule has 0 saturated heterocycles. The van der Waals surface area contributed by atoms with Crippen LogP contribution in [0.4, 0.5) is 4.39 Å². The Bertz CT molecular complexity index is 764. The zero-order valence-corrected chi connectivity index (χ0v) is 16.4. The van der Waals surface area contributed by atoms with Crippen molar-refractivity contribution in [3.63, 3.8) is 0 Å². The van der Waals surface area contributed by atoms with Crippen molar-refractivity contribution in [2.45, 2.75) is 64.7 Å². The topological polar surface area (TPSA) is 23.8 Å². The highest BCUT2D eigenvalue weighted by atomic mass is 19.1. The third-order valence-corrected chi connectivity index (χ3v) is 6.14. The summed E-state index contributed by atoms with van der Waals surface area (Å²) in [6.45, 7) is 2.28. The van der Waals surface area contributed by atoms with E-state index in [-0.39, 0.29) is 5.82 Å². The summed E-state index contributed by atoms with van der Waals surface area (Å²) in [5.41, 5.74) is 3.13. The van der Waals surface area contributed by atoms with E-state index in [2.05, 4.69) is 19.1 Å². The van der Waals surface area contributed by atoms with Crippen LogP contribution in [0, 0.1) is 29.0 Å². The molecule has 1 nitrogen and oxygen atoms in total. The largest absolute Gasteiger partial charge is 0.206 e. The summed E-state index contributed by atoms with van der Waals surface area (Å²) >= 11 is 0. The lowest BCUT2D eigenvalue weighted by Gasteiger charge is -2.28. The highest BCUT2D eigenvalue weighted by Gasteiger charge is 2.20. The average molecular weight is 364 g/mol. The Morgan fingerprint density at radius 1 is 0.963 bits per heavy atom. The van der Waals surface area contributed by atoms with Gasteiger partial charge in [0.2, 0.25) is 0 Å². The van der Waals surface area contributed by atoms with Gasteiger partial charge in [-0.15, -0.1) is 0 Å². The van der Waals surface area contributed by atoms with E-state index in [4.69, 9.17) is 5.26 Å². The van der Waals surface area contributed by atoms with Gasteiger partial charge in [0, 0.05) is 5.56 Å². The molecule has 0 amide bonds. The van der Waals surface area contributed by atoms with E-state index >= 15 is 0 Å². The summed E-state index contributed by atoms with van der Waals surface area (Å²) in [6.07, 6.45) is 12.1. The van der Waals surface area contributed by atoms with Crippen molar-refractivity contribution in [1.29, 1.82) is 5.26 Å². The van der Waals surface area contributed by atoms with Gasteiger partial charge in [-0.1, -0.05) is 82.2 Å². The molecule has 0 bridgehead atoms. The maximum atomic E-state index is 14.2. The Balaban J connectivity index is 1.51. The summed E-state index contributed by atoms with van der Waals surface area (Å²) in [5.74, 6) is 1.52. The van der Waals surface area contributed by atoms with Gasteiger partial charge in [0.15, 0.2) is 0 Å². The highest BCUT2D eigenvalue weighted by Crippen LogP contribution is 2.34. The van der Waals surface area contributed by atoms with Gasteiger partial charge in [0.05, 0.1) is 11.6 Å². The molecule has 0 heterocycles. The fourth-order valence-electron chi connectivity index (χ4n) is 4.34. The fourth-order valence-corrected chi connectivity index (χ4v) is 4.34. The van der Waals surface area contributed by atoms with E-state index in [9.17, 15) is 4.39 Å². The molecule has 3 rings (SSSR count). The quantitative estimate of drug-likeness (QED) is 0.506. The maximum absolute atomic E-state index is 14.2. The van der Waals surface area contributed by atoms with Crippen molar-refractivity contribution >= 4 is 0 Å². The first-order valence-corrected chi connectivity index (χ1v) is 10.5. The van der Waals surface area contributed by atoms with Crippen LogP contribution in [0.25, 0.3) is 11.1 Å². The van der Waals surface area contributed by atoms with Crippen LogP contribution >= 0.6 is 0 Å². The predicted molar refractivity (Wildman–Crippen MR) is 110 cm³/mol. The first kappa shape index (κ1) is 19.6. The summed E-state index contributed by atoms with van der Waals surface area (Å²) in [5, 5.41) is 8.86. The Morgan fingerprint density at radius 2 is 1.63 bits per heavy atom. The number of unbranched alkanes of at least 4 members (excludes halogenated alkanes) is 1. The molecule has 2 aromatic carbocycles. The molecule has 0 N–H and O–H groups in total. The van der Waals surface area contributed by atoms with Crippen LogP contribution in [-0.2, 0) is 6.42 Å². The standard InChI is InChI=1S/C25H30FN/c1-2-3-4-19-5-7-20(8-6-19)9-10-21-11-14-23(15-12-21)24-16-13-22(18-27)17-25(24)26/h11-17,19-20H,2-10H2,1H3. The SMILES string of the molecule is CCCCC1CCC(CCc2ccc(-c3ccc(C#N)cc3F)cc2)CC1. The number of nitrogens with zero attached hydrogens (tertiary/aromatic N) is 1. The second kappa shape index (κ2) is 9.70. The minimum absolute atomic E-state index is 0.332. The second-order valence-corrected chi connectivity index (χ2v) is 8.07. The van der Waals surface area contributed by atoms with Gasteiger partial charge >= 0.3 is 0 Å². The van der Waals surface area contributed by atoms with E-state index in [0.717, 1.165) is 23.8 Å². The summed E-state index contributed by atoms with van der Waals surface area (Å²) in [4.78, 5) is 0. The molecule has 1 aliphatic rings. The molecule has 2 heteroatoms. The Morgan fingerprint density at radius 3 is 2.22 bits per heavy atom. The average Bonchev–Trinajstić information content (AvgIpc) is 2.72. The summed E-state index contributed by atoms with van der Waals surface area (Å²) in [7, 11) is 0. The van der Waals surface area contributed by atoms with Gasteiger partial charge in [-0.2, -0.15) is 5.26 Å². The van der Waals surface area contributed by atoms with Gasteiger partial charge in [-0.3, -0.25) is 0 Å². The third-order valence-electron chi connectivity index (χ3n) is 6.14. The third kappa shape index (κ3) is 5.42. The van der Waals surface area contributed by atoms with Crippen molar-refractivity contribution in [3.05, 3.63) is 59.4 Å². The van der Waals surface area contributed by atoms with Crippen molar-refractivity contribution in [1.82, 2.24) is 0 Å². The summed E-state index contributed by atoms with van der Waals surface area (Å²) in [6, 6.07) is 14.9. The van der Waals surface area contributed by atoms with Crippen LogP contribution in [0.2, 0.25) is 0 Å². The first-order chi connectivity index (χ1) is 13.2. The highest BCUT2D eigenvalue weighted by molar-refractivity contribution is 5.65. The van der Waals surface area contributed by atoms with E-state index in [0.29, 0.717) is 11.1 Å². The molecule has 0 aliphatic heterocycles. The first-order valence-electron chi connectivity index (χ1n) is 10.5. The Kier molecular flexibility index (Phi) is 7.04. The van der Waals surface area contributed by atoms with Gasteiger partial charge < -0.3 is 0 Å². The van der Waals surface area contributed by atoms with Crippen LogP contribution in [0.1, 0.15) is 69.4 Å². The molecule has 0 radical (unpaired) electrons. The Hall–Kier alpha value is -2.14. The van der Waals surface area contributed by atoms with Gasteiger partial charge in [-0.05, 0) is 47.9 Å². The van der Waals surface area contributed by atoms with E-state index in [1.807, 2.05) is 18.2 Å². The lowest BCUT2D eigenvalue weighted by molar-refractivity contribution is 0.250. The molecule has 1 fully saturated rings. The van der Waals surface area contributed by atoms with Gasteiger partial charge in [0.1, 0.15) is 5.82 Å². The van der Waals surface area contributed by atoms with Crippen LogP contribution in [0.5, 0.6) is 0 Å².